The molecular formula is C15H14N4O. The van der Waals surface area contributed by atoms with Crippen LogP contribution in [-0.2, 0) is 0 Å². The van der Waals surface area contributed by atoms with Crippen molar-refractivity contribution in [1.29, 1.82) is 5.26 Å². The number of anilines is 2. The van der Waals surface area contributed by atoms with Crippen LogP contribution in [0.15, 0.2) is 42.6 Å². The lowest BCUT2D eigenvalue weighted by molar-refractivity contribution is 0.102. The fourth-order valence-corrected chi connectivity index (χ4v) is 1.66. The van der Waals surface area contributed by atoms with Crippen molar-refractivity contribution in [2.45, 2.75) is 6.92 Å². The summed E-state index contributed by atoms with van der Waals surface area (Å²) in [6.45, 7) is 2.80. The first-order valence-electron chi connectivity index (χ1n) is 6.24. The van der Waals surface area contributed by atoms with E-state index in [4.69, 9.17) is 5.26 Å². The summed E-state index contributed by atoms with van der Waals surface area (Å²) in [5.41, 5.74) is 2.40. The molecule has 1 amide bonds. The van der Waals surface area contributed by atoms with Gasteiger partial charge in [0.25, 0.3) is 5.91 Å². The summed E-state index contributed by atoms with van der Waals surface area (Å²) in [7, 11) is 0. The number of nitriles is 1. The molecule has 100 valence electrons. The van der Waals surface area contributed by atoms with Crippen molar-refractivity contribution in [2.24, 2.45) is 0 Å². The zero-order valence-electron chi connectivity index (χ0n) is 11.1. The molecular weight excluding hydrogens is 252 g/mol. The lowest BCUT2D eigenvalue weighted by Crippen LogP contribution is -2.13. The Balaban J connectivity index is 2.05. The summed E-state index contributed by atoms with van der Waals surface area (Å²) < 4.78 is 0. The molecule has 1 aromatic heterocycles. The maximum Gasteiger partial charge on any atom is 0.274 e. The van der Waals surface area contributed by atoms with Crippen molar-refractivity contribution in [2.75, 3.05) is 17.2 Å². The molecule has 0 bridgehead atoms. The van der Waals surface area contributed by atoms with Crippen molar-refractivity contribution in [1.82, 2.24) is 4.98 Å². The van der Waals surface area contributed by atoms with Crippen molar-refractivity contribution in [3.8, 4) is 6.07 Å². The maximum absolute atomic E-state index is 12.0. The van der Waals surface area contributed by atoms with Gasteiger partial charge < -0.3 is 10.6 Å². The SMILES string of the molecule is CCNc1ccc(C(=O)Nc2ccc(C#N)cc2)nc1. The van der Waals surface area contributed by atoms with Crippen molar-refractivity contribution < 1.29 is 4.79 Å². The van der Waals surface area contributed by atoms with Gasteiger partial charge in [0.05, 0.1) is 23.5 Å². The topological polar surface area (TPSA) is 77.8 Å². The average Bonchev–Trinajstić information content (AvgIpc) is 2.49. The predicted octanol–water partition coefficient (Wildman–Crippen LogP) is 2.64. The fourth-order valence-electron chi connectivity index (χ4n) is 1.66. The van der Waals surface area contributed by atoms with Crippen LogP contribution in [0.2, 0.25) is 0 Å². The van der Waals surface area contributed by atoms with Gasteiger partial charge in [-0.2, -0.15) is 5.26 Å². The van der Waals surface area contributed by atoms with E-state index in [-0.39, 0.29) is 5.91 Å². The summed E-state index contributed by atoms with van der Waals surface area (Å²) >= 11 is 0. The van der Waals surface area contributed by atoms with Gasteiger partial charge in [0.2, 0.25) is 0 Å². The summed E-state index contributed by atoms with van der Waals surface area (Å²) in [5.74, 6) is -0.280. The third-order valence-electron chi connectivity index (χ3n) is 2.65. The highest BCUT2D eigenvalue weighted by atomic mass is 16.1. The van der Waals surface area contributed by atoms with Gasteiger partial charge in [-0.15, -0.1) is 0 Å². The average molecular weight is 266 g/mol. The largest absolute Gasteiger partial charge is 0.384 e. The van der Waals surface area contributed by atoms with Crippen LogP contribution in [0, 0.1) is 11.3 Å². The standard InChI is InChI=1S/C15H14N4O/c1-2-17-13-7-8-14(18-10-13)15(20)19-12-5-3-11(9-16)4-6-12/h3-8,10,17H,2H2,1H3,(H,19,20). The van der Waals surface area contributed by atoms with E-state index in [2.05, 4.69) is 15.6 Å². The minimum Gasteiger partial charge on any atom is -0.384 e. The number of amides is 1. The molecule has 2 rings (SSSR count). The van der Waals surface area contributed by atoms with E-state index < -0.39 is 0 Å². The van der Waals surface area contributed by atoms with Crippen LogP contribution < -0.4 is 10.6 Å². The van der Waals surface area contributed by atoms with Crippen LogP contribution in [0.3, 0.4) is 0 Å². The first kappa shape index (κ1) is 13.6. The fraction of sp³-hybridized carbons (Fsp3) is 0.133. The number of benzene rings is 1. The number of rotatable bonds is 4. The highest BCUT2D eigenvalue weighted by Crippen LogP contribution is 2.11. The number of aromatic nitrogens is 1. The van der Waals surface area contributed by atoms with Gasteiger partial charge in [-0.05, 0) is 43.3 Å². The van der Waals surface area contributed by atoms with Gasteiger partial charge in [0.15, 0.2) is 0 Å². The molecule has 0 saturated carbocycles. The quantitative estimate of drug-likeness (QED) is 0.891. The normalized spacial score (nSPS) is 9.60. The van der Waals surface area contributed by atoms with E-state index >= 15 is 0 Å². The second kappa shape index (κ2) is 6.34. The van der Waals surface area contributed by atoms with Gasteiger partial charge in [-0.1, -0.05) is 0 Å². The van der Waals surface area contributed by atoms with Crippen molar-refractivity contribution in [3.63, 3.8) is 0 Å². The van der Waals surface area contributed by atoms with Crippen LogP contribution in [-0.4, -0.2) is 17.4 Å². The van der Waals surface area contributed by atoms with E-state index in [0.29, 0.717) is 16.9 Å². The Hall–Kier alpha value is -2.87. The Labute approximate surface area is 117 Å². The summed E-state index contributed by atoms with van der Waals surface area (Å²) in [4.78, 5) is 16.1. The van der Waals surface area contributed by atoms with Gasteiger partial charge in [-0.3, -0.25) is 4.79 Å². The van der Waals surface area contributed by atoms with Gasteiger partial charge >= 0.3 is 0 Å². The molecule has 5 heteroatoms. The minimum atomic E-state index is -0.280. The van der Waals surface area contributed by atoms with Crippen LogP contribution in [0.25, 0.3) is 0 Å². The molecule has 0 unspecified atom stereocenters. The molecule has 2 aromatic rings. The Morgan fingerprint density at radius 1 is 1.20 bits per heavy atom. The van der Waals surface area contributed by atoms with Crippen LogP contribution in [0.1, 0.15) is 23.0 Å². The van der Waals surface area contributed by atoms with Crippen LogP contribution in [0.4, 0.5) is 11.4 Å². The molecule has 0 spiro atoms. The molecule has 0 fully saturated rings. The number of nitrogens with one attached hydrogen (secondary N) is 2. The second-order valence-corrected chi connectivity index (χ2v) is 4.11. The zero-order chi connectivity index (χ0) is 14.4. The smallest absolute Gasteiger partial charge is 0.274 e. The minimum absolute atomic E-state index is 0.280. The first-order valence-corrected chi connectivity index (χ1v) is 6.24. The molecule has 0 aliphatic carbocycles. The summed E-state index contributed by atoms with van der Waals surface area (Å²) in [6.07, 6.45) is 1.62. The number of hydrogen-bond donors (Lipinski definition) is 2. The van der Waals surface area contributed by atoms with E-state index in [1.165, 1.54) is 0 Å². The van der Waals surface area contributed by atoms with Crippen LogP contribution in [0.5, 0.6) is 0 Å². The molecule has 0 aliphatic heterocycles. The molecule has 5 nitrogen and oxygen atoms in total. The Kier molecular flexibility index (Phi) is 4.30. The number of carbonyl (C=O) groups excluding carboxylic acids is 1. The van der Waals surface area contributed by atoms with E-state index in [1.807, 2.05) is 19.1 Å². The molecule has 0 radical (unpaired) electrons. The third kappa shape index (κ3) is 3.33. The summed E-state index contributed by atoms with van der Waals surface area (Å²) in [5, 5.41) is 14.5. The Bertz CT molecular complexity index is 626. The van der Waals surface area contributed by atoms with Gasteiger partial charge in [0.1, 0.15) is 5.69 Å². The monoisotopic (exact) mass is 266 g/mol. The lowest BCUT2D eigenvalue weighted by Gasteiger charge is -2.06. The number of pyridine rings is 1. The molecule has 1 aromatic carbocycles. The third-order valence-corrected chi connectivity index (χ3v) is 2.65. The van der Waals surface area contributed by atoms with E-state index in [9.17, 15) is 4.79 Å². The number of carbonyl (C=O) groups is 1. The summed E-state index contributed by atoms with van der Waals surface area (Å²) in [6, 6.07) is 12.2. The predicted molar refractivity (Wildman–Crippen MR) is 77.5 cm³/mol. The maximum atomic E-state index is 12.0. The molecule has 20 heavy (non-hydrogen) atoms. The zero-order valence-corrected chi connectivity index (χ0v) is 11.1. The van der Waals surface area contributed by atoms with Crippen molar-refractivity contribution >= 4 is 17.3 Å². The first-order chi connectivity index (χ1) is 9.72. The van der Waals surface area contributed by atoms with Gasteiger partial charge in [-0.25, -0.2) is 4.98 Å². The van der Waals surface area contributed by atoms with Gasteiger partial charge in [0, 0.05) is 12.2 Å². The lowest BCUT2D eigenvalue weighted by atomic mass is 10.2. The van der Waals surface area contributed by atoms with E-state index in [1.54, 1.807) is 36.5 Å². The highest BCUT2D eigenvalue weighted by molar-refractivity contribution is 6.02. The molecule has 1 heterocycles. The number of hydrogen-bond acceptors (Lipinski definition) is 4. The molecule has 0 saturated heterocycles. The van der Waals surface area contributed by atoms with Crippen molar-refractivity contribution in [3.05, 3.63) is 53.9 Å². The number of nitrogens with zero attached hydrogens (tertiary/aromatic N) is 2. The van der Waals surface area contributed by atoms with Crippen LogP contribution >= 0.6 is 0 Å². The Morgan fingerprint density at radius 2 is 1.90 bits per heavy atom. The second-order valence-electron chi connectivity index (χ2n) is 4.11. The van der Waals surface area contributed by atoms with E-state index in [0.717, 1.165) is 12.2 Å². The molecule has 2 N–H and O–H groups in total. The molecule has 0 atom stereocenters. The highest BCUT2D eigenvalue weighted by Gasteiger charge is 2.07. The Morgan fingerprint density at radius 3 is 2.45 bits per heavy atom. The molecule has 0 aliphatic rings.